The number of hydrogen-bond donors (Lipinski definition) is 3. The van der Waals surface area contributed by atoms with Crippen LogP contribution in [-0.4, -0.2) is 21.6 Å². The predicted octanol–water partition coefficient (Wildman–Crippen LogP) is 3.66. The third-order valence-corrected chi connectivity index (χ3v) is 4.32. The predicted molar refractivity (Wildman–Crippen MR) is 95.2 cm³/mol. The molecule has 5 heteroatoms. The summed E-state index contributed by atoms with van der Waals surface area (Å²) in [4.78, 5) is 19.7. The van der Waals surface area contributed by atoms with Gasteiger partial charge in [0.05, 0.1) is 17.9 Å². The second-order valence-electron chi connectivity index (χ2n) is 6.27. The van der Waals surface area contributed by atoms with E-state index in [1.807, 2.05) is 19.1 Å². The van der Waals surface area contributed by atoms with Crippen LogP contribution in [0.2, 0.25) is 0 Å². The zero-order valence-corrected chi connectivity index (χ0v) is 14.0. The number of rotatable bonds is 4. The number of amides is 1. The van der Waals surface area contributed by atoms with Gasteiger partial charge in [0, 0.05) is 5.71 Å². The SMILES string of the molecule is CC(=N)/C=C(/C)c1cnc(C(=O)NC2CCCc3ccccc32)[nH]1. The van der Waals surface area contributed by atoms with Crippen molar-refractivity contribution in [2.24, 2.45) is 0 Å². The van der Waals surface area contributed by atoms with E-state index in [1.165, 1.54) is 11.1 Å². The Morgan fingerprint density at radius 1 is 1.38 bits per heavy atom. The van der Waals surface area contributed by atoms with Crippen molar-refractivity contribution < 1.29 is 4.79 Å². The summed E-state index contributed by atoms with van der Waals surface area (Å²) in [5.41, 5.74) is 4.63. The highest BCUT2D eigenvalue weighted by Gasteiger charge is 2.23. The molecule has 0 saturated carbocycles. The first-order valence-corrected chi connectivity index (χ1v) is 8.22. The number of aryl methyl sites for hydroxylation is 1. The lowest BCUT2D eigenvalue weighted by atomic mass is 9.88. The van der Waals surface area contributed by atoms with E-state index >= 15 is 0 Å². The molecule has 1 aliphatic rings. The van der Waals surface area contributed by atoms with Crippen LogP contribution in [-0.2, 0) is 6.42 Å². The average molecular weight is 322 g/mol. The molecule has 124 valence electrons. The van der Waals surface area contributed by atoms with Gasteiger partial charge in [-0.15, -0.1) is 0 Å². The normalized spacial score (nSPS) is 17.2. The lowest BCUT2D eigenvalue weighted by Crippen LogP contribution is -2.31. The molecule has 3 rings (SSSR count). The Kier molecular flexibility index (Phi) is 4.60. The number of aromatic amines is 1. The summed E-state index contributed by atoms with van der Waals surface area (Å²) in [5.74, 6) is 0.116. The minimum atomic E-state index is -0.192. The number of nitrogens with zero attached hydrogens (tertiary/aromatic N) is 1. The van der Waals surface area contributed by atoms with Crippen LogP contribution < -0.4 is 5.32 Å². The van der Waals surface area contributed by atoms with Crippen molar-refractivity contribution in [2.75, 3.05) is 0 Å². The van der Waals surface area contributed by atoms with E-state index in [1.54, 1.807) is 19.2 Å². The van der Waals surface area contributed by atoms with Crippen LogP contribution in [0.15, 0.2) is 36.5 Å². The van der Waals surface area contributed by atoms with E-state index in [2.05, 4.69) is 27.4 Å². The Morgan fingerprint density at radius 3 is 2.96 bits per heavy atom. The number of imidazole rings is 1. The molecule has 3 N–H and O–H groups in total. The van der Waals surface area contributed by atoms with Crippen LogP contribution in [0, 0.1) is 5.41 Å². The van der Waals surface area contributed by atoms with Gasteiger partial charge in [-0.2, -0.15) is 0 Å². The summed E-state index contributed by atoms with van der Waals surface area (Å²) in [6.07, 6.45) is 6.47. The standard InChI is InChI=1S/C19H22N4O/c1-12(10-13(2)20)17-11-21-18(22-17)19(24)23-16-9-5-7-14-6-3-4-8-15(14)16/h3-4,6,8,10-11,16,20H,5,7,9H2,1-2H3,(H,21,22)(H,23,24)/b12-10-,20-13?. The molecule has 1 aromatic heterocycles. The summed E-state index contributed by atoms with van der Waals surface area (Å²) in [5, 5.41) is 10.6. The zero-order chi connectivity index (χ0) is 17.1. The van der Waals surface area contributed by atoms with Crippen LogP contribution in [0.5, 0.6) is 0 Å². The van der Waals surface area contributed by atoms with Crippen molar-refractivity contribution in [3.63, 3.8) is 0 Å². The van der Waals surface area contributed by atoms with Crippen molar-refractivity contribution in [1.82, 2.24) is 15.3 Å². The number of carbonyl (C=O) groups is 1. The first kappa shape index (κ1) is 16.2. The van der Waals surface area contributed by atoms with Crippen LogP contribution in [0.3, 0.4) is 0 Å². The molecular formula is C19H22N4O. The minimum Gasteiger partial charge on any atom is -0.343 e. The highest BCUT2D eigenvalue weighted by atomic mass is 16.2. The van der Waals surface area contributed by atoms with Crippen molar-refractivity contribution in [3.8, 4) is 0 Å². The maximum atomic E-state index is 12.5. The van der Waals surface area contributed by atoms with Crippen LogP contribution >= 0.6 is 0 Å². The molecule has 0 aliphatic heterocycles. The molecule has 1 aliphatic carbocycles. The Labute approximate surface area is 141 Å². The zero-order valence-electron chi connectivity index (χ0n) is 14.0. The molecule has 1 heterocycles. The van der Waals surface area contributed by atoms with Crippen LogP contribution in [0.4, 0.5) is 0 Å². The van der Waals surface area contributed by atoms with Gasteiger partial charge in [0.1, 0.15) is 0 Å². The van der Waals surface area contributed by atoms with Gasteiger partial charge in [0.15, 0.2) is 5.82 Å². The molecule has 0 bridgehead atoms. The summed E-state index contributed by atoms with van der Waals surface area (Å²) in [6.45, 7) is 3.61. The van der Waals surface area contributed by atoms with E-state index in [0.717, 1.165) is 30.5 Å². The van der Waals surface area contributed by atoms with Gasteiger partial charge in [0.2, 0.25) is 0 Å². The second kappa shape index (κ2) is 6.83. The van der Waals surface area contributed by atoms with Crippen molar-refractivity contribution >= 4 is 17.2 Å². The van der Waals surface area contributed by atoms with Crippen molar-refractivity contribution in [3.05, 3.63) is 59.2 Å². The van der Waals surface area contributed by atoms with Crippen molar-refractivity contribution in [1.29, 1.82) is 5.41 Å². The molecule has 24 heavy (non-hydrogen) atoms. The van der Waals surface area contributed by atoms with E-state index in [9.17, 15) is 4.79 Å². The number of allylic oxidation sites excluding steroid dienone is 2. The number of H-pyrrole nitrogens is 1. The van der Waals surface area contributed by atoms with Crippen LogP contribution in [0.1, 0.15) is 60.2 Å². The monoisotopic (exact) mass is 322 g/mol. The molecule has 0 saturated heterocycles. The highest BCUT2D eigenvalue weighted by Crippen LogP contribution is 2.29. The van der Waals surface area contributed by atoms with E-state index in [4.69, 9.17) is 5.41 Å². The van der Waals surface area contributed by atoms with E-state index in [-0.39, 0.29) is 11.9 Å². The summed E-state index contributed by atoms with van der Waals surface area (Å²) in [7, 11) is 0. The molecular weight excluding hydrogens is 300 g/mol. The molecule has 1 aromatic carbocycles. The fraction of sp³-hybridized carbons (Fsp3) is 0.316. The van der Waals surface area contributed by atoms with Gasteiger partial charge in [-0.25, -0.2) is 4.98 Å². The molecule has 1 atom stereocenters. The first-order chi connectivity index (χ1) is 11.5. The molecule has 1 amide bonds. The van der Waals surface area contributed by atoms with Crippen molar-refractivity contribution in [2.45, 2.75) is 39.2 Å². The Bertz CT molecular complexity index is 803. The summed E-state index contributed by atoms with van der Waals surface area (Å²) in [6, 6.07) is 8.32. The number of aromatic nitrogens is 2. The largest absolute Gasteiger partial charge is 0.343 e. The summed E-state index contributed by atoms with van der Waals surface area (Å²) < 4.78 is 0. The average Bonchev–Trinajstić information content (AvgIpc) is 3.05. The van der Waals surface area contributed by atoms with Gasteiger partial charge >= 0.3 is 0 Å². The van der Waals surface area contributed by atoms with Gasteiger partial charge in [-0.3, -0.25) is 4.79 Å². The second-order valence-corrected chi connectivity index (χ2v) is 6.27. The molecule has 5 nitrogen and oxygen atoms in total. The first-order valence-electron chi connectivity index (χ1n) is 8.22. The maximum absolute atomic E-state index is 12.5. The van der Waals surface area contributed by atoms with Crippen LogP contribution in [0.25, 0.3) is 5.57 Å². The lowest BCUT2D eigenvalue weighted by molar-refractivity contribution is 0.0923. The highest BCUT2D eigenvalue weighted by molar-refractivity contribution is 5.97. The van der Waals surface area contributed by atoms with Gasteiger partial charge in [-0.1, -0.05) is 24.3 Å². The maximum Gasteiger partial charge on any atom is 0.287 e. The third kappa shape index (κ3) is 3.45. The molecule has 0 radical (unpaired) electrons. The topological polar surface area (TPSA) is 81.6 Å². The molecule has 2 aromatic rings. The van der Waals surface area contributed by atoms with Gasteiger partial charge in [-0.05, 0) is 55.9 Å². The quantitative estimate of drug-likeness (QED) is 0.751. The van der Waals surface area contributed by atoms with Gasteiger partial charge < -0.3 is 15.7 Å². The number of nitrogens with one attached hydrogen (secondary N) is 3. The molecule has 0 spiro atoms. The smallest absolute Gasteiger partial charge is 0.287 e. The van der Waals surface area contributed by atoms with E-state index < -0.39 is 0 Å². The fourth-order valence-corrected chi connectivity index (χ4v) is 3.17. The number of carbonyl (C=O) groups excluding carboxylic acids is 1. The Morgan fingerprint density at radius 2 is 2.17 bits per heavy atom. The third-order valence-electron chi connectivity index (χ3n) is 4.32. The summed E-state index contributed by atoms with van der Waals surface area (Å²) >= 11 is 0. The lowest BCUT2D eigenvalue weighted by Gasteiger charge is -2.26. The number of fused-ring (bicyclic) bond motifs is 1. The van der Waals surface area contributed by atoms with E-state index in [0.29, 0.717) is 11.5 Å². The molecule has 1 unspecified atom stereocenters. The fourth-order valence-electron chi connectivity index (χ4n) is 3.17. The Balaban J connectivity index is 1.75. The molecule has 0 fully saturated rings. The van der Waals surface area contributed by atoms with Gasteiger partial charge in [0.25, 0.3) is 5.91 Å². The minimum absolute atomic E-state index is 0.0384. The Hall–Kier alpha value is -2.69. The number of hydrogen-bond acceptors (Lipinski definition) is 3. The number of benzene rings is 1.